The summed E-state index contributed by atoms with van der Waals surface area (Å²) >= 11 is 1.39. The number of ether oxygens (including phenoxy) is 2. The van der Waals surface area contributed by atoms with Crippen molar-refractivity contribution in [3.8, 4) is 11.5 Å². The Morgan fingerprint density at radius 1 is 1.34 bits per heavy atom. The van der Waals surface area contributed by atoms with Gasteiger partial charge in [0.1, 0.15) is 23.6 Å². The maximum absolute atomic E-state index is 13.7. The molecule has 10 heteroatoms. The van der Waals surface area contributed by atoms with Crippen molar-refractivity contribution in [3.63, 3.8) is 0 Å². The summed E-state index contributed by atoms with van der Waals surface area (Å²) < 4.78 is 39.4. The van der Waals surface area contributed by atoms with Crippen molar-refractivity contribution in [1.82, 2.24) is 15.0 Å². The molecule has 0 radical (unpaired) electrons. The van der Waals surface area contributed by atoms with Gasteiger partial charge in [0, 0.05) is 31.1 Å². The first kappa shape index (κ1) is 19.6. The fourth-order valence-electron chi connectivity index (χ4n) is 3.40. The molecule has 0 unspecified atom stereocenters. The SMILES string of the molecule is COc1cc(OCc2ccnc(N)n2)cc2sc(N[C@@H]3CCCC(F)(F)C3)nc12. The summed E-state index contributed by atoms with van der Waals surface area (Å²) in [6, 6.07) is 5.02. The molecule has 2 aromatic heterocycles. The van der Waals surface area contributed by atoms with E-state index in [1.54, 1.807) is 25.4 Å². The highest BCUT2D eigenvalue weighted by Crippen LogP contribution is 2.39. The lowest BCUT2D eigenvalue weighted by atomic mass is 9.92. The molecular weight excluding hydrogens is 400 g/mol. The zero-order chi connectivity index (χ0) is 20.4. The van der Waals surface area contributed by atoms with E-state index in [0.29, 0.717) is 40.7 Å². The van der Waals surface area contributed by atoms with Crippen molar-refractivity contribution in [1.29, 1.82) is 0 Å². The Hall–Kier alpha value is -2.75. The Labute approximate surface area is 170 Å². The number of alkyl halides is 2. The van der Waals surface area contributed by atoms with Crippen molar-refractivity contribution in [2.24, 2.45) is 0 Å². The van der Waals surface area contributed by atoms with Gasteiger partial charge in [-0.25, -0.2) is 23.7 Å². The highest BCUT2D eigenvalue weighted by atomic mass is 32.1. The Morgan fingerprint density at radius 2 is 2.21 bits per heavy atom. The second kappa shape index (κ2) is 7.94. The summed E-state index contributed by atoms with van der Waals surface area (Å²) in [5.74, 6) is -1.29. The molecule has 1 fully saturated rings. The predicted octanol–water partition coefficient (Wildman–Crippen LogP) is 4.25. The number of anilines is 2. The molecule has 3 aromatic rings. The van der Waals surface area contributed by atoms with E-state index in [2.05, 4.69) is 20.3 Å². The number of nitrogen functional groups attached to an aromatic ring is 1. The van der Waals surface area contributed by atoms with Gasteiger partial charge >= 0.3 is 0 Å². The normalized spacial score (nSPS) is 18.5. The van der Waals surface area contributed by atoms with Crippen LogP contribution in [0.3, 0.4) is 0 Å². The molecule has 3 N–H and O–H groups in total. The van der Waals surface area contributed by atoms with Crippen LogP contribution in [0, 0.1) is 0 Å². The van der Waals surface area contributed by atoms with Crippen LogP contribution in [0.25, 0.3) is 10.2 Å². The van der Waals surface area contributed by atoms with Crippen LogP contribution in [-0.2, 0) is 6.61 Å². The quantitative estimate of drug-likeness (QED) is 0.614. The first-order valence-electron chi connectivity index (χ1n) is 9.25. The van der Waals surface area contributed by atoms with E-state index in [1.807, 2.05) is 6.07 Å². The number of nitrogens with two attached hydrogens (primary N) is 1. The Balaban J connectivity index is 1.52. The largest absolute Gasteiger partial charge is 0.494 e. The standard InChI is InChI=1S/C19H21F2N5O2S/c1-27-14-7-13(28-10-12-4-6-23-17(22)24-12)8-15-16(14)26-18(29-15)25-11-3-2-5-19(20,21)9-11/h4,6-8,11H,2-3,5,9-10H2,1H3,(H,25,26)(H2,22,23,24)/t11-/m1/s1. The molecule has 2 heterocycles. The lowest BCUT2D eigenvalue weighted by molar-refractivity contribution is -0.0373. The number of methoxy groups -OCH3 is 1. The molecule has 0 bridgehead atoms. The van der Waals surface area contributed by atoms with Gasteiger partial charge in [0.25, 0.3) is 0 Å². The van der Waals surface area contributed by atoms with Crippen LogP contribution in [0.1, 0.15) is 31.4 Å². The fraction of sp³-hybridized carbons (Fsp3) is 0.421. The first-order chi connectivity index (χ1) is 13.9. The van der Waals surface area contributed by atoms with Gasteiger partial charge in [-0.3, -0.25) is 0 Å². The van der Waals surface area contributed by atoms with Crippen LogP contribution < -0.4 is 20.5 Å². The molecule has 0 spiro atoms. The zero-order valence-electron chi connectivity index (χ0n) is 15.8. The van der Waals surface area contributed by atoms with Gasteiger partial charge in [-0.1, -0.05) is 11.3 Å². The minimum Gasteiger partial charge on any atom is -0.494 e. The third-order valence-electron chi connectivity index (χ3n) is 4.74. The Bertz CT molecular complexity index is 1010. The van der Waals surface area contributed by atoms with Gasteiger partial charge < -0.3 is 20.5 Å². The lowest BCUT2D eigenvalue weighted by Crippen LogP contribution is -2.34. The fourth-order valence-corrected chi connectivity index (χ4v) is 4.38. The van der Waals surface area contributed by atoms with E-state index < -0.39 is 5.92 Å². The van der Waals surface area contributed by atoms with Crippen molar-refractivity contribution >= 4 is 32.6 Å². The molecule has 7 nitrogen and oxygen atoms in total. The maximum atomic E-state index is 13.7. The van der Waals surface area contributed by atoms with Crippen LogP contribution in [0.5, 0.6) is 11.5 Å². The average molecular weight is 421 g/mol. The highest BCUT2D eigenvalue weighted by molar-refractivity contribution is 7.22. The summed E-state index contributed by atoms with van der Waals surface area (Å²) in [5, 5.41) is 3.76. The number of nitrogens with zero attached hydrogens (tertiary/aromatic N) is 3. The summed E-state index contributed by atoms with van der Waals surface area (Å²) in [5.41, 5.74) is 6.91. The van der Waals surface area contributed by atoms with Crippen LogP contribution in [0.4, 0.5) is 19.9 Å². The molecule has 1 aliphatic rings. The maximum Gasteiger partial charge on any atom is 0.250 e. The molecule has 4 rings (SSSR count). The van der Waals surface area contributed by atoms with Crippen molar-refractivity contribution in [3.05, 3.63) is 30.1 Å². The van der Waals surface area contributed by atoms with Gasteiger partial charge in [0.15, 0.2) is 5.13 Å². The molecule has 0 amide bonds. The van der Waals surface area contributed by atoms with E-state index >= 15 is 0 Å². The molecule has 1 aromatic carbocycles. The van der Waals surface area contributed by atoms with E-state index in [0.717, 1.165) is 4.70 Å². The van der Waals surface area contributed by atoms with Crippen LogP contribution in [0.2, 0.25) is 0 Å². The van der Waals surface area contributed by atoms with Gasteiger partial charge in [-0.15, -0.1) is 0 Å². The predicted molar refractivity (Wildman–Crippen MR) is 108 cm³/mol. The number of rotatable bonds is 6. The molecule has 1 aliphatic carbocycles. The summed E-state index contributed by atoms with van der Waals surface area (Å²) in [6.07, 6.45) is 2.57. The van der Waals surface area contributed by atoms with Crippen molar-refractivity contribution in [2.45, 2.75) is 44.3 Å². The van der Waals surface area contributed by atoms with Crippen LogP contribution in [-0.4, -0.2) is 34.0 Å². The minimum atomic E-state index is -2.62. The summed E-state index contributed by atoms with van der Waals surface area (Å²) in [6.45, 7) is 0.225. The number of halogens is 2. The second-order valence-corrected chi connectivity index (χ2v) is 8.01. The lowest BCUT2D eigenvalue weighted by Gasteiger charge is -2.29. The molecule has 0 aliphatic heterocycles. The molecule has 154 valence electrons. The third-order valence-corrected chi connectivity index (χ3v) is 5.67. The molecular formula is C19H21F2N5O2S. The zero-order valence-corrected chi connectivity index (χ0v) is 16.6. The summed E-state index contributed by atoms with van der Waals surface area (Å²) in [7, 11) is 1.55. The van der Waals surface area contributed by atoms with Crippen LogP contribution >= 0.6 is 11.3 Å². The number of nitrogens with one attached hydrogen (secondary N) is 1. The highest BCUT2D eigenvalue weighted by Gasteiger charge is 2.36. The van der Waals surface area contributed by atoms with E-state index in [1.165, 1.54) is 11.3 Å². The first-order valence-corrected chi connectivity index (χ1v) is 10.1. The number of thiazole rings is 1. The Kier molecular flexibility index (Phi) is 5.35. The molecule has 0 saturated heterocycles. The topological polar surface area (TPSA) is 95.2 Å². The average Bonchev–Trinajstić information content (AvgIpc) is 3.07. The molecule has 29 heavy (non-hydrogen) atoms. The molecule has 1 atom stereocenters. The third kappa shape index (κ3) is 4.64. The smallest absolute Gasteiger partial charge is 0.250 e. The summed E-state index contributed by atoms with van der Waals surface area (Å²) in [4.78, 5) is 12.5. The minimum absolute atomic E-state index is 0.0441. The van der Waals surface area contributed by atoms with Gasteiger partial charge in [-0.05, 0) is 25.0 Å². The van der Waals surface area contributed by atoms with E-state index in [4.69, 9.17) is 15.2 Å². The number of hydrogen-bond acceptors (Lipinski definition) is 8. The number of benzene rings is 1. The molecule has 1 saturated carbocycles. The van der Waals surface area contributed by atoms with E-state index in [9.17, 15) is 8.78 Å². The van der Waals surface area contributed by atoms with Crippen molar-refractivity contribution in [2.75, 3.05) is 18.2 Å². The van der Waals surface area contributed by atoms with Gasteiger partial charge in [0.2, 0.25) is 11.9 Å². The van der Waals surface area contributed by atoms with Gasteiger partial charge in [0.05, 0.1) is 17.5 Å². The monoisotopic (exact) mass is 421 g/mol. The number of hydrogen-bond donors (Lipinski definition) is 2. The van der Waals surface area contributed by atoms with Crippen LogP contribution in [0.15, 0.2) is 24.4 Å². The van der Waals surface area contributed by atoms with Gasteiger partial charge in [-0.2, -0.15) is 0 Å². The van der Waals surface area contributed by atoms with Crippen molar-refractivity contribution < 1.29 is 18.3 Å². The Morgan fingerprint density at radius 3 is 2.97 bits per heavy atom. The van der Waals surface area contributed by atoms with E-state index in [-0.39, 0.29) is 31.4 Å². The number of fused-ring (bicyclic) bond motifs is 1. The number of aromatic nitrogens is 3. The second-order valence-electron chi connectivity index (χ2n) is 6.98.